The van der Waals surface area contributed by atoms with E-state index in [4.69, 9.17) is 9.84 Å². The molecule has 0 aliphatic heterocycles. The Hall–Kier alpha value is -2.75. The Kier molecular flexibility index (Phi) is 4.61. The van der Waals surface area contributed by atoms with Crippen molar-refractivity contribution >= 4 is 12.0 Å². The molecule has 4 nitrogen and oxygen atoms in total. The Morgan fingerprint density at radius 3 is 2.05 bits per heavy atom. The Bertz CT molecular complexity index is 639. The first-order chi connectivity index (χ1) is 10.1. The number of rotatable bonds is 5. The van der Waals surface area contributed by atoms with E-state index >= 15 is 0 Å². The van der Waals surface area contributed by atoms with Gasteiger partial charge < -0.3 is 14.9 Å². The van der Waals surface area contributed by atoms with Crippen LogP contribution in [0.1, 0.15) is 12.5 Å². The summed E-state index contributed by atoms with van der Waals surface area (Å²) >= 11 is 0. The van der Waals surface area contributed by atoms with E-state index in [0.29, 0.717) is 6.61 Å². The molecule has 0 radical (unpaired) electrons. The minimum atomic E-state index is -1.08. The molecule has 0 aliphatic carbocycles. The van der Waals surface area contributed by atoms with Crippen LogP contribution in [0, 0.1) is 0 Å². The Balaban J connectivity index is 2.24. The van der Waals surface area contributed by atoms with Crippen molar-refractivity contribution in [1.29, 1.82) is 0 Å². The van der Waals surface area contributed by atoms with Gasteiger partial charge >= 0.3 is 5.97 Å². The fourth-order valence-corrected chi connectivity index (χ4v) is 1.90. The summed E-state index contributed by atoms with van der Waals surface area (Å²) in [6.07, 6.45) is 1.49. The van der Waals surface area contributed by atoms with Crippen molar-refractivity contribution in [1.82, 2.24) is 0 Å². The molecule has 0 unspecified atom stereocenters. The summed E-state index contributed by atoms with van der Waals surface area (Å²) in [6, 6.07) is 14.3. The number of hydrogen-bond donors (Lipinski definition) is 2. The SMILES string of the molecule is CCOC(=Cc1ccc(-c2ccc(O)cc2)cc1)C(=O)O. The molecular weight excluding hydrogens is 268 g/mol. The van der Waals surface area contributed by atoms with E-state index in [9.17, 15) is 9.90 Å². The van der Waals surface area contributed by atoms with Crippen LogP contribution in [0.15, 0.2) is 54.3 Å². The molecule has 0 aromatic heterocycles. The third kappa shape index (κ3) is 3.86. The lowest BCUT2D eigenvalue weighted by atomic mass is 10.0. The minimum absolute atomic E-state index is 0.0742. The van der Waals surface area contributed by atoms with Gasteiger partial charge in [-0.3, -0.25) is 0 Å². The number of aromatic hydroxyl groups is 1. The molecule has 2 N–H and O–H groups in total. The third-order valence-corrected chi connectivity index (χ3v) is 2.92. The molecule has 2 rings (SSSR count). The second-order valence-corrected chi connectivity index (χ2v) is 4.42. The second kappa shape index (κ2) is 6.61. The molecule has 0 aliphatic rings. The molecule has 0 spiro atoms. The lowest BCUT2D eigenvalue weighted by molar-refractivity contribution is -0.136. The highest BCUT2D eigenvalue weighted by Crippen LogP contribution is 2.22. The summed E-state index contributed by atoms with van der Waals surface area (Å²) in [6.45, 7) is 2.05. The van der Waals surface area contributed by atoms with Crippen LogP contribution in [-0.2, 0) is 9.53 Å². The lowest BCUT2D eigenvalue weighted by Crippen LogP contribution is -2.04. The van der Waals surface area contributed by atoms with Crippen LogP contribution in [0.5, 0.6) is 5.75 Å². The predicted molar refractivity (Wildman–Crippen MR) is 80.8 cm³/mol. The van der Waals surface area contributed by atoms with E-state index in [2.05, 4.69) is 0 Å². The number of phenols is 1. The zero-order chi connectivity index (χ0) is 15.2. The maximum Gasteiger partial charge on any atom is 0.371 e. The number of carboxylic acids is 1. The number of phenolic OH excluding ortho intramolecular Hbond substituents is 1. The van der Waals surface area contributed by atoms with Crippen molar-refractivity contribution < 1.29 is 19.7 Å². The lowest BCUT2D eigenvalue weighted by Gasteiger charge is -2.05. The van der Waals surface area contributed by atoms with E-state index in [-0.39, 0.29) is 11.5 Å². The van der Waals surface area contributed by atoms with Crippen LogP contribution < -0.4 is 0 Å². The van der Waals surface area contributed by atoms with Gasteiger partial charge in [0.1, 0.15) is 5.75 Å². The molecule has 0 fully saturated rings. The molecule has 0 amide bonds. The number of ether oxygens (including phenoxy) is 1. The molecule has 21 heavy (non-hydrogen) atoms. The van der Waals surface area contributed by atoms with Gasteiger partial charge in [-0.2, -0.15) is 0 Å². The first-order valence-electron chi connectivity index (χ1n) is 6.57. The van der Waals surface area contributed by atoms with Gasteiger partial charge in [0.2, 0.25) is 5.76 Å². The smallest absolute Gasteiger partial charge is 0.371 e. The average Bonchev–Trinajstić information content (AvgIpc) is 2.48. The summed E-state index contributed by atoms with van der Waals surface area (Å²) in [5, 5.41) is 18.3. The van der Waals surface area contributed by atoms with E-state index in [0.717, 1.165) is 16.7 Å². The maximum absolute atomic E-state index is 11.0. The highest BCUT2D eigenvalue weighted by atomic mass is 16.5. The molecule has 108 valence electrons. The maximum atomic E-state index is 11.0. The van der Waals surface area contributed by atoms with Gasteiger partial charge in [-0.25, -0.2) is 4.79 Å². The zero-order valence-corrected chi connectivity index (χ0v) is 11.6. The molecule has 0 atom stereocenters. The second-order valence-electron chi connectivity index (χ2n) is 4.42. The number of carbonyl (C=O) groups is 1. The fourth-order valence-electron chi connectivity index (χ4n) is 1.90. The van der Waals surface area contributed by atoms with E-state index < -0.39 is 5.97 Å². The molecule has 0 saturated carbocycles. The van der Waals surface area contributed by atoms with E-state index in [1.54, 1.807) is 19.1 Å². The Morgan fingerprint density at radius 1 is 1.05 bits per heavy atom. The van der Waals surface area contributed by atoms with Crippen molar-refractivity contribution in [2.45, 2.75) is 6.92 Å². The first-order valence-corrected chi connectivity index (χ1v) is 6.57. The zero-order valence-electron chi connectivity index (χ0n) is 11.6. The van der Waals surface area contributed by atoms with Crippen molar-refractivity contribution in [2.75, 3.05) is 6.61 Å². The number of aliphatic carboxylic acids is 1. The van der Waals surface area contributed by atoms with Crippen molar-refractivity contribution in [3.05, 3.63) is 59.9 Å². The van der Waals surface area contributed by atoms with Crippen LogP contribution in [0.25, 0.3) is 17.2 Å². The van der Waals surface area contributed by atoms with Crippen molar-refractivity contribution in [3.63, 3.8) is 0 Å². The molecule has 0 heterocycles. The summed E-state index contributed by atoms with van der Waals surface area (Å²) in [5.41, 5.74) is 2.72. The minimum Gasteiger partial charge on any atom is -0.508 e. The van der Waals surface area contributed by atoms with Crippen molar-refractivity contribution in [3.8, 4) is 16.9 Å². The van der Waals surface area contributed by atoms with Gasteiger partial charge in [-0.1, -0.05) is 36.4 Å². The Morgan fingerprint density at radius 2 is 1.57 bits per heavy atom. The van der Waals surface area contributed by atoms with Crippen LogP contribution in [0.3, 0.4) is 0 Å². The summed E-state index contributed by atoms with van der Waals surface area (Å²) in [4.78, 5) is 11.0. The molecule has 2 aromatic carbocycles. The molecule has 2 aromatic rings. The Labute approximate surface area is 122 Å². The van der Waals surface area contributed by atoms with Gasteiger partial charge in [0.05, 0.1) is 6.61 Å². The topological polar surface area (TPSA) is 66.8 Å². The monoisotopic (exact) mass is 284 g/mol. The third-order valence-electron chi connectivity index (χ3n) is 2.92. The number of carboxylic acid groups (broad SMARTS) is 1. The predicted octanol–water partition coefficient (Wildman–Crippen LogP) is 3.52. The normalized spacial score (nSPS) is 11.2. The largest absolute Gasteiger partial charge is 0.508 e. The average molecular weight is 284 g/mol. The van der Waals surface area contributed by atoms with Crippen LogP contribution >= 0.6 is 0 Å². The summed E-state index contributed by atoms with van der Waals surface area (Å²) in [5.74, 6) is -0.935. The number of hydrogen-bond acceptors (Lipinski definition) is 3. The van der Waals surface area contributed by atoms with Gasteiger partial charge in [-0.05, 0) is 41.8 Å². The molecule has 0 bridgehead atoms. The molecule has 4 heteroatoms. The van der Waals surface area contributed by atoms with Gasteiger partial charge in [-0.15, -0.1) is 0 Å². The number of benzene rings is 2. The summed E-state index contributed by atoms with van der Waals surface area (Å²) < 4.78 is 5.07. The standard InChI is InChI=1S/C17H16O4/c1-2-21-16(17(19)20)11-12-3-5-13(6-4-12)14-7-9-15(18)10-8-14/h3-11,18H,2H2,1H3,(H,19,20). The summed E-state index contributed by atoms with van der Waals surface area (Å²) in [7, 11) is 0. The van der Waals surface area contributed by atoms with Gasteiger partial charge in [0.25, 0.3) is 0 Å². The first kappa shape index (κ1) is 14.7. The highest BCUT2D eigenvalue weighted by molar-refractivity contribution is 5.90. The van der Waals surface area contributed by atoms with Gasteiger partial charge in [0, 0.05) is 0 Å². The van der Waals surface area contributed by atoms with Crippen LogP contribution in [-0.4, -0.2) is 22.8 Å². The van der Waals surface area contributed by atoms with Crippen LogP contribution in [0.2, 0.25) is 0 Å². The highest BCUT2D eigenvalue weighted by Gasteiger charge is 2.07. The van der Waals surface area contributed by atoms with E-state index in [1.165, 1.54) is 6.08 Å². The fraction of sp³-hybridized carbons (Fsp3) is 0.118. The van der Waals surface area contributed by atoms with Crippen molar-refractivity contribution in [2.24, 2.45) is 0 Å². The molecular formula is C17H16O4. The molecule has 0 saturated heterocycles. The van der Waals surface area contributed by atoms with Gasteiger partial charge in [0.15, 0.2) is 0 Å². The van der Waals surface area contributed by atoms with Crippen LogP contribution in [0.4, 0.5) is 0 Å². The van der Waals surface area contributed by atoms with E-state index in [1.807, 2.05) is 36.4 Å². The quantitative estimate of drug-likeness (QED) is 0.651.